The number of hydrogen-bond donors (Lipinski definition) is 2. The highest BCUT2D eigenvalue weighted by Crippen LogP contribution is 2.18. The number of anilines is 1. The van der Waals surface area contributed by atoms with Gasteiger partial charge < -0.3 is 5.32 Å². The van der Waals surface area contributed by atoms with Crippen molar-refractivity contribution in [3.05, 3.63) is 65.5 Å². The number of nitrogens with one attached hydrogen (secondary N) is 2. The summed E-state index contributed by atoms with van der Waals surface area (Å²) in [5.74, 6) is -0.579. The molecule has 0 aliphatic carbocycles. The smallest absolute Gasteiger partial charge is 0.236 e. The molecule has 0 unspecified atom stereocenters. The zero-order chi connectivity index (χ0) is 15.3. The second kappa shape index (κ2) is 6.69. The molecule has 2 N–H and O–H groups in total. The van der Waals surface area contributed by atoms with E-state index in [4.69, 9.17) is 0 Å². The monoisotopic (exact) mass is 308 g/mol. The normalized spacial score (nSPS) is 11.3. The molecule has 0 amide bonds. The summed E-state index contributed by atoms with van der Waals surface area (Å²) in [6.07, 6.45) is 0. The van der Waals surface area contributed by atoms with Gasteiger partial charge in [0.1, 0.15) is 5.82 Å². The van der Waals surface area contributed by atoms with Crippen molar-refractivity contribution in [3.63, 3.8) is 0 Å². The van der Waals surface area contributed by atoms with E-state index in [2.05, 4.69) is 10.0 Å². The molecule has 4 nitrogen and oxygen atoms in total. The van der Waals surface area contributed by atoms with Crippen LogP contribution in [0.2, 0.25) is 0 Å². The fourth-order valence-electron chi connectivity index (χ4n) is 1.97. The zero-order valence-corrected chi connectivity index (χ0v) is 12.5. The molecule has 0 heterocycles. The van der Waals surface area contributed by atoms with E-state index in [-0.39, 0.29) is 11.6 Å². The molecule has 0 radical (unpaired) electrons. The van der Waals surface area contributed by atoms with E-state index in [0.717, 1.165) is 5.56 Å². The molecule has 112 valence electrons. The van der Waals surface area contributed by atoms with E-state index in [1.165, 1.54) is 24.3 Å². The molecule has 0 spiro atoms. The van der Waals surface area contributed by atoms with Gasteiger partial charge in [0.05, 0.1) is 11.4 Å². The molecule has 6 heteroatoms. The highest BCUT2D eigenvalue weighted by atomic mass is 32.2. The van der Waals surface area contributed by atoms with Crippen LogP contribution in [0.1, 0.15) is 11.1 Å². The first-order chi connectivity index (χ1) is 10.00. The topological polar surface area (TPSA) is 58.2 Å². The van der Waals surface area contributed by atoms with Crippen LogP contribution >= 0.6 is 0 Å². The first-order valence-corrected chi connectivity index (χ1v) is 8.13. The predicted molar refractivity (Wildman–Crippen MR) is 81.9 cm³/mol. The Bertz CT molecular complexity index is 700. The fourth-order valence-corrected chi connectivity index (χ4v) is 3.21. The lowest BCUT2D eigenvalue weighted by molar-refractivity contribution is 0.599. The summed E-state index contributed by atoms with van der Waals surface area (Å²) < 4.78 is 39.8. The van der Waals surface area contributed by atoms with Crippen LogP contribution in [-0.4, -0.2) is 15.5 Å². The number of rotatable bonds is 6. The van der Waals surface area contributed by atoms with Crippen molar-refractivity contribution in [1.82, 2.24) is 5.32 Å². The summed E-state index contributed by atoms with van der Waals surface area (Å²) in [7, 11) is -1.75. The Morgan fingerprint density at radius 2 is 1.71 bits per heavy atom. The summed E-state index contributed by atoms with van der Waals surface area (Å²) in [6.45, 7) is 0.565. The van der Waals surface area contributed by atoms with Crippen LogP contribution in [0.3, 0.4) is 0 Å². The van der Waals surface area contributed by atoms with Crippen LogP contribution in [-0.2, 0) is 22.3 Å². The Kier molecular flexibility index (Phi) is 4.93. The largest absolute Gasteiger partial charge is 0.316 e. The van der Waals surface area contributed by atoms with Crippen LogP contribution < -0.4 is 10.0 Å². The van der Waals surface area contributed by atoms with E-state index in [1.54, 1.807) is 19.2 Å². The quantitative estimate of drug-likeness (QED) is 0.862. The number of benzene rings is 2. The fraction of sp³-hybridized carbons (Fsp3) is 0.200. The third kappa shape index (κ3) is 4.54. The number of sulfonamides is 1. The van der Waals surface area contributed by atoms with Gasteiger partial charge in [-0.25, -0.2) is 12.8 Å². The summed E-state index contributed by atoms with van der Waals surface area (Å²) in [5, 5.41) is 2.99. The summed E-state index contributed by atoms with van der Waals surface area (Å²) in [5.41, 5.74) is 1.95. The second-order valence-corrected chi connectivity index (χ2v) is 6.40. The van der Waals surface area contributed by atoms with Gasteiger partial charge in [-0.1, -0.05) is 30.3 Å². The Labute approximate surface area is 124 Å². The number of halogens is 1. The zero-order valence-electron chi connectivity index (χ0n) is 11.6. The van der Waals surface area contributed by atoms with E-state index < -0.39 is 10.0 Å². The first kappa shape index (κ1) is 15.5. The van der Waals surface area contributed by atoms with E-state index >= 15 is 0 Å². The van der Waals surface area contributed by atoms with Gasteiger partial charge in [-0.15, -0.1) is 0 Å². The van der Waals surface area contributed by atoms with Gasteiger partial charge >= 0.3 is 0 Å². The molecule has 0 saturated heterocycles. The first-order valence-electron chi connectivity index (χ1n) is 6.47. The Morgan fingerprint density at radius 1 is 1.05 bits per heavy atom. The van der Waals surface area contributed by atoms with Crippen LogP contribution in [0.5, 0.6) is 0 Å². The minimum absolute atomic E-state index is 0.193. The molecular weight excluding hydrogens is 291 g/mol. The van der Waals surface area contributed by atoms with Crippen molar-refractivity contribution in [2.24, 2.45) is 0 Å². The number of para-hydroxylation sites is 1. The van der Waals surface area contributed by atoms with Crippen LogP contribution in [0.25, 0.3) is 0 Å². The second-order valence-electron chi connectivity index (χ2n) is 4.68. The molecule has 0 aliphatic heterocycles. The average Bonchev–Trinajstić information content (AvgIpc) is 2.43. The number of hydrogen-bond acceptors (Lipinski definition) is 3. The van der Waals surface area contributed by atoms with Gasteiger partial charge in [-0.2, -0.15) is 0 Å². The van der Waals surface area contributed by atoms with Crippen molar-refractivity contribution >= 4 is 15.7 Å². The Hall–Kier alpha value is -1.92. The summed E-state index contributed by atoms with van der Waals surface area (Å²) in [4.78, 5) is 0. The van der Waals surface area contributed by atoms with Crippen molar-refractivity contribution in [1.29, 1.82) is 0 Å². The Balaban J connectivity index is 2.16. The van der Waals surface area contributed by atoms with Gasteiger partial charge in [0, 0.05) is 6.54 Å². The van der Waals surface area contributed by atoms with Crippen LogP contribution in [0.4, 0.5) is 10.1 Å². The molecule has 2 rings (SSSR count). The standard InChI is InChI=1S/C15H17FN2O2S/c1-17-10-13-4-2-3-5-15(13)18-21(19,20)11-12-6-8-14(16)9-7-12/h2-9,17-18H,10-11H2,1H3. The molecular formula is C15H17FN2O2S. The minimum Gasteiger partial charge on any atom is -0.316 e. The lowest BCUT2D eigenvalue weighted by atomic mass is 10.2. The SMILES string of the molecule is CNCc1ccccc1NS(=O)(=O)Cc1ccc(F)cc1. The maximum Gasteiger partial charge on any atom is 0.236 e. The molecule has 0 bridgehead atoms. The van der Waals surface area contributed by atoms with Gasteiger partial charge in [0.15, 0.2) is 0 Å². The summed E-state index contributed by atoms with van der Waals surface area (Å²) in [6, 6.07) is 12.6. The molecule has 0 saturated carbocycles. The van der Waals surface area contributed by atoms with Gasteiger partial charge in [0.2, 0.25) is 10.0 Å². The molecule has 0 fully saturated rings. The maximum absolute atomic E-state index is 12.8. The molecule has 2 aromatic carbocycles. The lowest BCUT2D eigenvalue weighted by Gasteiger charge is -2.12. The van der Waals surface area contributed by atoms with E-state index in [1.807, 2.05) is 12.1 Å². The Morgan fingerprint density at radius 3 is 2.38 bits per heavy atom. The van der Waals surface area contributed by atoms with Gasteiger partial charge in [-0.05, 0) is 36.4 Å². The average molecular weight is 308 g/mol. The van der Waals surface area contributed by atoms with Crippen LogP contribution in [0.15, 0.2) is 48.5 Å². The highest BCUT2D eigenvalue weighted by Gasteiger charge is 2.13. The van der Waals surface area contributed by atoms with Crippen LogP contribution in [0, 0.1) is 5.82 Å². The molecule has 0 aromatic heterocycles. The van der Waals surface area contributed by atoms with E-state index in [9.17, 15) is 12.8 Å². The summed E-state index contributed by atoms with van der Waals surface area (Å²) >= 11 is 0. The molecule has 0 atom stereocenters. The third-order valence-corrected chi connectivity index (χ3v) is 4.16. The highest BCUT2D eigenvalue weighted by molar-refractivity contribution is 7.91. The van der Waals surface area contributed by atoms with Crippen molar-refractivity contribution in [3.8, 4) is 0 Å². The van der Waals surface area contributed by atoms with Gasteiger partial charge in [0.25, 0.3) is 0 Å². The maximum atomic E-state index is 12.8. The van der Waals surface area contributed by atoms with Crippen molar-refractivity contribution in [2.45, 2.75) is 12.3 Å². The lowest BCUT2D eigenvalue weighted by Crippen LogP contribution is -2.17. The molecule has 21 heavy (non-hydrogen) atoms. The van der Waals surface area contributed by atoms with Crippen molar-refractivity contribution < 1.29 is 12.8 Å². The molecule has 0 aliphatic rings. The predicted octanol–water partition coefficient (Wildman–Crippen LogP) is 2.49. The minimum atomic E-state index is -3.54. The van der Waals surface area contributed by atoms with E-state index in [0.29, 0.717) is 17.8 Å². The van der Waals surface area contributed by atoms with Crippen molar-refractivity contribution in [2.75, 3.05) is 11.8 Å². The third-order valence-electron chi connectivity index (χ3n) is 2.92. The molecule has 2 aromatic rings. The van der Waals surface area contributed by atoms with Gasteiger partial charge in [-0.3, -0.25) is 4.72 Å².